The highest BCUT2D eigenvalue weighted by molar-refractivity contribution is 6.01. The van der Waals surface area contributed by atoms with E-state index in [2.05, 4.69) is 5.16 Å². The van der Waals surface area contributed by atoms with E-state index in [0.717, 1.165) is 12.1 Å². The Hall–Kier alpha value is -1.85. The maximum absolute atomic E-state index is 12.1. The topological polar surface area (TPSA) is 78.6 Å². The second-order valence-electron chi connectivity index (χ2n) is 4.67. The predicted octanol–water partition coefficient (Wildman–Crippen LogP) is 1.76. The first kappa shape index (κ1) is 13.6. The molecule has 0 saturated heterocycles. The maximum atomic E-state index is 12.1. The maximum Gasteiger partial charge on any atom is 0.323 e. The molecule has 6 heteroatoms. The van der Waals surface area contributed by atoms with Gasteiger partial charge in [0.2, 0.25) is 0 Å². The average Bonchev–Trinajstić information content (AvgIpc) is 2.71. The smallest absolute Gasteiger partial charge is 0.323 e. The van der Waals surface area contributed by atoms with E-state index in [1.165, 1.54) is 0 Å². The number of carbonyl (C=O) groups excluding carboxylic acids is 2. The zero-order valence-corrected chi connectivity index (χ0v) is 11.1. The molecule has 0 radical (unpaired) electrons. The van der Waals surface area contributed by atoms with Crippen molar-refractivity contribution in [3.05, 3.63) is 17.5 Å². The van der Waals surface area contributed by atoms with Crippen molar-refractivity contribution >= 4 is 11.9 Å². The van der Waals surface area contributed by atoms with Crippen LogP contribution in [-0.2, 0) is 25.7 Å². The number of rotatable bonds is 5. The minimum Gasteiger partial charge on any atom is -0.465 e. The zero-order valence-electron chi connectivity index (χ0n) is 11.1. The molecule has 1 saturated carbocycles. The molecule has 0 N–H and O–H groups in total. The summed E-state index contributed by atoms with van der Waals surface area (Å²) in [5, 5.41) is 3.70. The Kier molecular flexibility index (Phi) is 3.87. The number of aryl methyl sites for hydroxylation is 1. The van der Waals surface area contributed by atoms with Gasteiger partial charge in [-0.05, 0) is 33.1 Å². The Balaban J connectivity index is 1.95. The molecule has 1 aromatic heterocycles. The van der Waals surface area contributed by atoms with Crippen LogP contribution in [0.3, 0.4) is 0 Å². The minimum atomic E-state index is -1.11. The summed E-state index contributed by atoms with van der Waals surface area (Å²) >= 11 is 0. The lowest BCUT2D eigenvalue weighted by Gasteiger charge is -2.36. The van der Waals surface area contributed by atoms with Gasteiger partial charge >= 0.3 is 11.9 Å². The summed E-state index contributed by atoms with van der Waals surface area (Å²) in [6, 6.07) is 1.69. The number of esters is 2. The molecule has 0 bridgehead atoms. The lowest BCUT2D eigenvalue weighted by Crippen LogP contribution is -2.47. The second kappa shape index (κ2) is 5.42. The molecule has 1 aliphatic carbocycles. The molecule has 19 heavy (non-hydrogen) atoms. The molecule has 0 amide bonds. The molecular formula is C13H17NO5. The van der Waals surface area contributed by atoms with Crippen molar-refractivity contribution in [3.63, 3.8) is 0 Å². The molecule has 2 rings (SSSR count). The number of aromatic nitrogens is 1. The van der Waals surface area contributed by atoms with Crippen molar-refractivity contribution in [2.45, 2.75) is 39.7 Å². The van der Waals surface area contributed by atoms with Crippen molar-refractivity contribution in [2.75, 3.05) is 6.61 Å². The van der Waals surface area contributed by atoms with Gasteiger partial charge in [-0.1, -0.05) is 5.16 Å². The Labute approximate surface area is 111 Å². The van der Waals surface area contributed by atoms with Crippen molar-refractivity contribution in [1.82, 2.24) is 5.16 Å². The Morgan fingerprint density at radius 2 is 2.05 bits per heavy atom. The molecule has 6 nitrogen and oxygen atoms in total. The van der Waals surface area contributed by atoms with E-state index in [0.29, 0.717) is 18.6 Å². The van der Waals surface area contributed by atoms with Crippen LogP contribution in [0.15, 0.2) is 10.6 Å². The molecule has 0 spiro atoms. The summed E-state index contributed by atoms with van der Waals surface area (Å²) in [5.41, 5.74) is -0.389. The van der Waals surface area contributed by atoms with E-state index in [-0.39, 0.29) is 13.2 Å². The first-order valence-corrected chi connectivity index (χ1v) is 6.35. The van der Waals surface area contributed by atoms with Gasteiger partial charge in [0.15, 0.2) is 17.8 Å². The monoisotopic (exact) mass is 267 g/mol. The van der Waals surface area contributed by atoms with E-state index >= 15 is 0 Å². The standard InChI is InChI=1S/C13H17NO5/c1-3-17-11(15)13(5-4-6-13)12(16)18-8-10-7-9(2)14-19-10/h7H,3-6,8H2,1-2H3. The van der Waals surface area contributed by atoms with Crippen LogP contribution in [0, 0.1) is 12.3 Å². The van der Waals surface area contributed by atoms with Crippen LogP contribution < -0.4 is 0 Å². The zero-order chi connectivity index (χ0) is 13.9. The Bertz CT molecular complexity index is 475. The SMILES string of the molecule is CCOC(=O)C1(C(=O)OCc2cc(C)no2)CCC1. The van der Waals surface area contributed by atoms with Crippen molar-refractivity contribution in [3.8, 4) is 0 Å². The van der Waals surface area contributed by atoms with Crippen molar-refractivity contribution < 1.29 is 23.6 Å². The number of carbonyl (C=O) groups is 2. The fourth-order valence-electron chi connectivity index (χ4n) is 2.05. The van der Waals surface area contributed by atoms with E-state index in [1.807, 2.05) is 0 Å². The van der Waals surface area contributed by atoms with E-state index < -0.39 is 17.4 Å². The molecule has 104 valence electrons. The van der Waals surface area contributed by atoms with Crippen LogP contribution in [0.4, 0.5) is 0 Å². The van der Waals surface area contributed by atoms with Gasteiger partial charge in [0.1, 0.15) is 0 Å². The molecule has 1 aromatic rings. The molecule has 0 aliphatic heterocycles. The normalized spacial score (nSPS) is 16.5. The summed E-state index contributed by atoms with van der Waals surface area (Å²) in [5.74, 6) is -0.560. The van der Waals surface area contributed by atoms with Crippen molar-refractivity contribution in [1.29, 1.82) is 0 Å². The lowest BCUT2D eigenvalue weighted by molar-refractivity contribution is -0.180. The van der Waals surface area contributed by atoms with Gasteiger partial charge < -0.3 is 14.0 Å². The van der Waals surface area contributed by atoms with Crippen LogP contribution in [0.1, 0.15) is 37.6 Å². The molecule has 1 heterocycles. The predicted molar refractivity (Wildman–Crippen MR) is 64.0 cm³/mol. The molecule has 0 unspecified atom stereocenters. The van der Waals surface area contributed by atoms with Crippen LogP contribution in [-0.4, -0.2) is 23.7 Å². The second-order valence-corrected chi connectivity index (χ2v) is 4.67. The lowest BCUT2D eigenvalue weighted by atomic mass is 9.69. The summed E-state index contributed by atoms with van der Waals surface area (Å²) in [7, 11) is 0. The summed E-state index contributed by atoms with van der Waals surface area (Å²) in [4.78, 5) is 23.9. The Morgan fingerprint density at radius 1 is 1.37 bits per heavy atom. The van der Waals surface area contributed by atoms with Gasteiger partial charge in [0.05, 0.1) is 12.3 Å². The molecule has 1 aliphatic rings. The fraction of sp³-hybridized carbons (Fsp3) is 0.615. The largest absolute Gasteiger partial charge is 0.465 e. The first-order valence-electron chi connectivity index (χ1n) is 6.35. The highest BCUT2D eigenvalue weighted by Crippen LogP contribution is 2.43. The highest BCUT2D eigenvalue weighted by atomic mass is 16.6. The number of ether oxygens (including phenoxy) is 2. The third-order valence-corrected chi connectivity index (χ3v) is 3.29. The summed E-state index contributed by atoms with van der Waals surface area (Å²) in [6.07, 6.45) is 1.80. The first-order chi connectivity index (χ1) is 9.08. The van der Waals surface area contributed by atoms with Crippen LogP contribution >= 0.6 is 0 Å². The molecule has 0 atom stereocenters. The van der Waals surface area contributed by atoms with Crippen LogP contribution in [0.25, 0.3) is 0 Å². The van der Waals surface area contributed by atoms with Crippen LogP contribution in [0.5, 0.6) is 0 Å². The quantitative estimate of drug-likeness (QED) is 0.597. The van der Waals surface area contributed by atoms with Gasteiger partial charge in [-0.15, -0.1) is 0 Å². The third-order valence-electron chi connectivity index (χ3n) is 3.29. The van der Waals surface area contributed by atoms with Gasteiger partial charge in [-0.3, -0.25) is 9.59 Å². The minimum absolute atomic E-state index is 0.0131. The Morgan fingerprint density at radius 3 is 2.53 bits per heavy atom. The van der Waals surface area contributed by atoms with E-state index in [1.54, 1.807) is 19.9 Å². The number of hydrogen-bond acceptors (Lipinski definition) is 6. The molecule has 0 aromatic carbocycles. The van der Waals surface area contributed by atoms with E-state index in [4.69, 9.17) is 14.0 Å². The number of hydrogen-bond donors (Lipinski definition) is 0. The van der Waals surface area contributed by atoms with Gasteiger partial charge in [0.25, 0.3) is 0 Å². The summed E-state index contributed by atoms with van der Waals surface area (Å²) in [6.45, 7) is 3.74. The van der Waals surface area contributed by atoms with Crippen LogP contribution in [0.2, 0.25) is 0 Å². The van der Waals surface area contributed by atoms with Gasteiger partial charge in [-0.2, -0.15) is 0 Å². The molecular weight excluding hydrogens is 250 g/mol. The average molecular weight is 267 g/mol. The number of nitrogens with zero attached hydrogens (tertiary/aromatic N) is 1. The van der Waals surface area contributed by atoms with E-state index in [9.17, 15) is 9.59 Å². The van der Waals surface area contributed by atoms with Gasteiger partial charge in [0, 0.05) is 6.07 Å². The summed E-state index contributed by atoms with van der Waals surface area (Å²) < 4.78 is 15.0. The van der Waals surface area contributed by atoms with Crippen molar-refractivity contribution in [2.24, 2.45) is 5.41 Å². The highest BCUT2D eigenvalue weighted by Gasteiger charge is 2.53. The third kappa shape index (κ3) is 2.62. The molecule has 1 fully saturated rings. The fourth-order valence-corrected chi connectivity index (χ4v) is 2.05. The van der Waals surface area contributed by atoms with Gasteiger partial charge in [-0.25, -0.2) is 0 Å².